The van der Waals surface area contributed by atoms with E-state index in [0.717, 1.165) is 10.2 Å². The molecule has 1 aromatic carbocycles. The van der Waals surface area contributed by atoms with Crippen molar-refractivity contribution in [2.24, 2.45) is 4.99 Å². The molecule has 2 aromatic heterocycles. The van der Waals surface area contributed by atoms with Crippen molar-refractivity contribution in [3.63, 3.8) is 0 Å². The van der Waals surface area contributed by atoms with E-state index in [1.807, 2.05) is 17.6 Å². The monoisotopic (exact) mass is 326 g/mol. The Morgan fingerprint density at radius 3 is 3.00 bits per heavy atom. The lowest BCUT2D eigenvalue weighted by atomic mass is 10.2. The Morgan fingerprint density at radius 2 is 2.26 bits per heavy atom. The Kier molecular flexibility index (Phi) is 4.25. The van der Waals surface area contributed by atoms with Crippen LogP contribution in [0.15, 0.2) is 48.1 Å². The minimum atomic E-state index is -0.273. The van der Waals surface area contributed by atoms with Gasteiger partial charge in [0.2, 0.25) is 0 Å². The molecule has 3 rings (SSSR count). The number of carbonyl (C=O) groups is 1. The van der Waals surface area contributed by atoms with E-state index in [-0.39, 0.29) is 5.91 Å². The van der Waals surface area contributed by atoms with Gasteiger partial charge in [0.05, 0.1) is 10.2 Å². The van der Waals surface area contributed by atoms with Crippen LogP contribution < -0.4 is 4.80 Å². The fraction of sp³-hybridized carbons (Fsp3) is 0.235. The Balaban J connectivity index is 2.16. The van der Waals surface area contributed by atoms with Gasteiger partial charge < -0.3 is 4.57 Å². The molecule has 0 bridgehead atoms. The molecule has 1 amide bonds. The number of rotatable bonds is 4. The SMILES string of the molecule is C=CCn1c(=NC(=O)c2ccnn2CC)sc2cc(C)ccc21. The van der Waals surface area contributed by atoms with Gasteiger partial charge in [-0.3, -0.25) is 9.48 Å². The lowest BCUT2D eigenvalue weighted by molar-refractivity contribution is 0.0987. The van der Waals surface area contributed by atoms with Crippen molar-refractivity contribution >= 4 is 27.5 Å². The molecule has 0 spiro atoms. The van der Waals surface area contributed by atoms with Crippen molar-refractivity contribution in [1.29, 1.82) is 0 Å². The first kappa shape index (κ1) is 15.4. The lowest BCUT2D eigenvalue weighted by Crippen LogP contribution is -2.17. The van der Waals surface area contributed by atoms with E-state index in [4.69, 9.17) is 0 Å². The molecule has 3 aromatic rings. The van der Waals surface area contributed by atoms with Crippen LogP contribution in [0.5, 0.6) is 0 Å². The van der Waals surface area contributed by atoms with E-state index in [0.29, 0.717) is 23.6 Å². The van der Waals surface area contributed by atoms with E-state index < -0.39 is 0 Å². The van der Waals surface area contributed by atoms with Gasteiger partial charge in [0.25, 0.3) is 5.91 Å². The van der Waals surface area contributed by atoms with Crippen LogP contribution in [0.25, 0.3) is 10.2 Å². The number of hydrogen-bond donors (Lipinski definition) is 0. The molecule has 0 N–H and O–H groups in total. The number of allylic oxidation sites excluding steroid dienone is 1. The molecule has 0 saturated heterocycles. The fourth-order valence-corrected chi connectivity index (χ4v) is 3.62. The van der Waals surface area contributed by atoms with Crippen LogP contribution in [0.3, 0.4) is 0 Å². The average molecular weight is 326 g/mol. The summed E-state index contributed by atoms with van der Waals surface area (Å²) in [5.74, 6) is -0.273. The van der Waals surface area contributed by atoms with Crippen LogP contribution in [-0.4, -0.2) is 20.3 Å². The number of aryl methyl sites for hydroxylation is 2. The molecule has 0 atom stereocenters. The third-order valence-electron chi connectivity index (χ3n) is 3.58. The normalized spacial score (nSPS) is 12.0. The van der Waals surface area contributed by atoms with Gasteiger partial charge in [0.1, 0.15) is 5.69 Å². The van der Waals surface area contributed by atoms with Crippen molar-refractivity contribution in [2.75, 3.05) is 0 Å². The highest BCUT2D eigenvalue weighted by atomic mass is 32.1. The maximum atomic E-state index is 12.5. The summed E-state index contributed by atoms with van der Waals surface area (Å²) in [5.41, 5.74) is 2.76. The smallest absolute Gasteiger partial charge is 0.297 e. The summed E-state index contributed by atoms with van der Waals surface area (Å²) in [6.07, 6.45) is 3.43. The number of aromatic nitrogens is 3. The van der Waals surface area contributed by atoms with Crippen LogP contribution in [0.4, 0.5) is 0 Å². The third-order valence-corrected chi connectivity index (χ3v) is 4.62. The van der Waals surface area contributed by atoms with E-state index in [1.54, 1.807) is 16.9 Å². The number of thiazole rings is 1. The highest BCUT2D eigenvalue weighted by Crippen LogP contribution is 2.19. The second-order valence-electron chi connectivity index (χ2n) is 5.20. The molecular weight excluding hydrogens is 308 g/mol. The van der Waals surface area contributed by atoms with Crippen LogP contribution >= 0.6 is 11.3 Å². The van der Waals surface area contributed by atoms with Gasteiger partial charge in [-0.05, 0) is 37.6 Å². The Hall–Kier alpha value is -2.47. The Labute approximate surface area is 138 Å². The molecule has 0 aliphatic rings. The number of hydrogen-bond acceptors (Lipinski definition) is 3. The van der Waals surface area contributed by atoms with Crippen molar-refractivity contribution in [3.8, 4) is 0 Å². The van der Waals surface area contributed by atoms with Gasteiger partial charge in [-0.25, -0.2) is 0 Å². The first-order valence-electron chi connectivity index (χ1n) is 7.45. The second-order valence-corrected chi connectivity index (χ2v) is 6.21. The molecule has 0 unspecified atom stereocenters. The van der Waals surface area contributed by atoms with Crippen molar-refractivity contribution in [1.82, 2.24) is 14.3 Å². The molecule has 2 heterocycles. The lowest BCUT2D eigenvalue weighted by Gasteiger charge is -2.02. The summed E-state index contributed by atoms with van der Waals surface area (Å²) < 4.78 is 4.78. The van der Waals surface area contributed by atoms with Crippen LogP contribution in [0.2, 0.25) is 0 Å². The largest absolute Gasteiger partial charge is 0.312 e. The molecule has 118 valence electrons. The average Bonchev–Trinajstić information content (AvgIpc) is 3.12. The quantitative estimate of drug-likeness (QED) is 0.692. The number of fused-ring (bicyclic) bond motifs is 1. The highest BCUT2D eigenvalue weighted by Gasteiger charge is 2.12. The molecular formula is C17H18N4OS. The zero-order valence-corrected chi connectivity index (χ0v) is 14.0. The van der Waals surface area contributed by atoms with Gasteiger partial charge in [-0.1, -0.05) is 23.5 Å². The maximum Gasteiger partial charge on any atom is 0.297 e. The molecule has 5 nitrogen and oxygen atoms in total. The van der Waals surface area contributed by atoms with Crippen molar-refractivity contribution in [2.45, 2.75) is 26.9 Å². The van der Waals surface area contributed by atoms with E-state index >= 15 is 0 Å². The summed E-state index contributed by atoms with van der Waals surface area (Å²) in [4.78, 5) is 17.5. The van der Waals surface area contributed by atoms with Crippen LogP contribution in [-0.2, 0) is 13.1 Å². The number of nitrogens with zero attached hydrogens (tertiary/aromatic N) is 4. The Morgan fingerprint density at radius 1 is 1.43 bits per heavy atom. The van der Waals surface area contributed by atoms with Crippen molar-refractivity contribution in [3.05, 3.63) is 59.2 Å². The topological polar surface area (TPSA) is 52.2 Å². The van der Waals surface area contributed by atoms with Crippen LogP contribution in [0.1, 0.15) is 23.0 Å². The molecule has 0 aliphatic heterocycles. The molecule has 0 radical (unpaired) electrons. The van der Waals surface area contributed by atoms with E-state index in [1.165, 1.54) is 16.9 Å². The molecule has 0 saturated carbocycles. The molecule has 0 aliphatic carbocycles. The fourth-order valence-electron chi connectivity index (χ4n) is 2.48. The first-order chi connectivity index (χ1) is 11.1. The van der Waals surface area contributed by atoms with E-state index in [9.17, 15) is 4.79 Å². The number of amides is 1. The Bertz CT molecular complexity index is 945. The summed E-state index contributed by atoms with van der Waals surface area (Å²) >= 11 is 1.52. The zero-order chi connectivity index (χ0) is 16.4. The summed E-state index contributed by atoms with van der Waals surface area (Å²) in [6, 6.07) is 7.93. The van der Waals surface area contributed by atoms with Gasteiger partial charge in [0.15, 0.2) is 4.80 Å². The highest BCUT2D eigenvalue weighted by molar-refractivity contribution is 7.16. The molecule has 23 heavy (non-hydrogen) atoms. The standard InChI is InChI=1S/C17H18N4OS/c1-4-10-20-13-7-6-12(3)11-15(13)23-17(20)19-16(22)14-8-9-18-21(14)5-2/h4,6-9,11H,1,5,10H2,2-3H3. The van der Waals surface area contributed by atoms with Crippen molar-refractivity contribution < 1.29 is 4.79 Å². The number of carbonyl (C=O) groups excluding carboxylic acids is 1. The van der Waals surface area contributed by atoms with Gasteiger partial charge >= 0.3 is 0 Å². The zero-order valence-electron chi connectivity index (χ0n) is 13.2. The third kappa shape index (κ3) is 2.90. The summed E-state index contributed by atoms with van der Waals surface area (Å²) in [6.45, 7) is 9.06. The predicted octanol–water partition coefficient (Wildman–Crippen LogP) is 3.15. The second kappa shape index (κ2) is 6.34. The minimum absolute atomic E-state index is 0.273. The van der Waals surface area contributed by atoms with Gasteiger partial charge in [-0.15, -0.1) is 6.58 Å². The van der Waals surface area contributed by atoms with Gasteiger partial charge in [-0.2, -0.15) is 10.1 Å². The maximum absolute atomic E-state index is 12.5. The van der Waals surface area contributed by atoms with E-state index in [2.05, 4.69) is 41.8 Å². The minimum Gasteiger partial charge on any atom is -0.312 e. The van der Waals surface area contributed by atoms with Gasteiger partial charge in [0, 0.05) is 19.3 Å². The predicted molar refractivity (Wildman–Crippen MR) is 92.5 cm³/mol. The number of benzene rings is 1. The first-order valence-corrected chi connectivity index (χ1v) is 8.27. The van der Waals surface area contributed by atoms with Crippen LogP contribution in [0, 0.1) is 6.92 Å². The molecule has 6 heteroatoms. The molecule has 0 fully saturated rings. The summed E-state index contributed by atoms with van der Waals surface area (Å²) in [7, 11) is 0. The summed E-state index contributed by atoms with van der Waals surface area (Å²) in [5, 5.41) is 4.13.